The first-order chi connectivity index (χ1) is 12.3. The molecule has 2 aromatic rings. The fraction of sp³-hybridized carbons (Fsp3) is 0.211. The number of carbonyl (C=O) groups is 3. The Morgan fingerprint density at radius 3 is 2.54 bits per heavy atom. The maximum atomic E-state index is 13.8. The number of amides is 2. The van der Waals surface area contributed by atoms with Crippen LogP contribution >= 0.6 is 15.9 Å². The van der Waals surface area contributed by atoms with Crippen molar-refractivity contribution in [3.05, 3.63) is 68.9 Å². The average molecular weight is 420 g/mol. The Bertz CT molecular complexity index is 928. The van der Waals surface area contributed by atoms with Crippen molar-refractivity contribution in [2.45, 2.75) is 26.5 Å². The zero-order chi connectivity index (χ0) is 19.0. The van der Waals surface area contributed by atoms with E-state index in [9.17, 15) is 18.8 Å². The molecule has 0 saturated heterocycles. The van der Waals surface area contributed by atoms with E-state index in [0.29, 0.717) is 4.47 Å². The molecule has 1 aliphatic heterocycles. The van der Waals surface area contributed by atoms with Gasteiger partial charge in [0.15, 0.2) is 0 Å². The van der Waals surface area contributed by atoms with Gasteiger partial charge in [-0.3, -0.25) is 14.5 Å². The summed E-state index contributed by atoms with van der Waals surface area (Å²) in [4.78, 5) is 38.1. The Morgan fingerprint density at radius 1 is 1.15 bits per heavy atom. The molecule has 0 aromatic heterocycles. The molecule has 0 aliphatic carbocycles. The minimum absolute atomic E-state index is 0.201. The number of ether oxygens (including phenoxy) is 1. The third-order valence-electron chi connectivity index (χ3n) is 4.19. The Balaban J connectivity index is 1.73. The average Bonchev–Trinajstić information content (AvgIpc) is 2.83. The van der Waals surface area contributed by atoms with Crippen LogP contribution in [0.5, 0.6) is 0 Å². The first-order valence-electron chi connectivity index (χ1n) is 7.88. The molecule has 0 spiro atoms. The number of carbonyl (C=O) groups excluding carboxylic acids is 3. The van der Waals surface area contributed by atoms with Crippen molar-refractivity contribution in [3.8, 4) is 0 Å². The molecule has 2 amide bonds. The van der Waals surface area contributed by atoms with E-state index < -0.39 is 29.6 Å². The van der Waals surface area contributed by atoms with E-state index in [1.54, 1.807) is 24.3 Å². The van der Waals surface area contributed by atoms with Crippen LogP contribution in [0, 0.1) is 12.7 Å². The van der Waals surface area contributed by atoms with Crippen molar-refractivity contribution in [1.82, 2.24) is 4.90 Å². The predicted molar refractivity (Wildman–Crippen MR) is 95.0 cm³/mol. The highest BCUT2D eigenvalue weighted by Gasteiger charge is 2.41. The van der Waals surface area contributed by atoms with Crippen LogP contribution in [-0.4, -0.2) is 28.7 Å². The van der Waals surface area contributed by atoms with Crippen molar-refractivity contribution in [2.75, 3.05) is 0 Å². The lowest BCUT2D eigenvalue weighted by Gasteiger charge is -2.21. The third kappa shape index (κ3) is 3.26. The number of hydrogen-bond acceptors (Lipinski definition) is 4. The number of benzene rings is 2. The van der Waals surface area contributed by atoms with Gasteiger partial charge in [-0.1, -0.05) is 33.6 Å². The summed E-state index contributed by atoms with van der Waals surface area (Å²) in [6.07, 6.45) is 0. The zero-order valence-electron chi connectivity index (χ0n) is 14.1. The molecular formula is C19H15BrFNO4. The minimum Gasteiger partial charge on any atom is -0.459 e. The van der Waals surface area contributed by atoms with E-state index in [4.69, 9.17) is 4.74 Å². The molecule has 0 fully saturated rings. The molecule has 1 aliphatic rings. The molecular weight excluding hydrogens is 405 g/mol. The van der Waals surface area contributed by atoms with E-state index in [2.05, 4.69) is 15.9 Å². The van der Waals surface area contributed by atoms with Gasteiger partial charge in [0.05, 0.1) is 11.1 Å². The van der Waals surface area contributed by atoms with Gasteiger partial charge in [0.25, 0.3) is 11.8 Å². The number of nitrogens with zero attached hydrogens (tertiary/aromatic N) is 1. The summed E-state index contributed by atoms with van der Waals surface area (Å²) in [5.74, 6) is -2.37. The van der Waals surface area contributed by atoms with Gasteiger partial charge in [-0.05, 0) is 38.1 Å². The van der Waals surface area contributed by atoms with Crippen LogP contribution < -0.4 is 0 Å². The monoisotopic (exact) mass is 419 g/mol. The van der Waals surface area contributed by atoms with Gasteiger partial charge in [0, 0.05) is 10.0 Å². The molecule has 5 nitrogen and oxygen atoms in total. The summed E-state index contributed by atoms with van der Waals surface area (Å²) in [7, 11) is 0. The van der Waals surface area contributed by atoms with Crippen LogP contribution in [0.4, 0.5) is 4.39 Å². The van der Waals surface area contributed by atoms with Crippen LogP contribution in [0.3, 0.4) is 0 Å². The highest BCUT2D eigenvalue weighted by molar-refractivity contribution is 9.10. The van der Waals surface area contributed by atoms with Crippen LogP contribution in [0.15, 0.2) is 40.9 Å². The van der Waals surface area contributed by atoms with E-state index in [0.717, 1.165) is 10.5 Å². The molecule has 0 saturated carbocycles. The summed E-state index contributed by atoms with van der Waals surface area (Å²) in [6.45, 7) is 2.94. The summed E-state index contributed by atoms with van der Waals surface area (Å²) in [5, 5.41) is 0. The standard InChI is InChI=1S/C19H15BrFNO4/c1-10-3-6-14-15(7-10)18(24)22(17(14)23)11(2)19(25)26-9-12-4-5-13(20)8-16(12)21/h3-8,11H,9H2,1-2H3. The number of rotatable bonds is 4. The van der Waals surface area contributed by atoms with E-state index >= 15 is 0 Å². The van der Waals surface area contributed by atoms with E-state index in [-0.39, 0.29) is 23.3 Å². The zero-order valence-corrected chi connectivity index (χ0v) is 15.7. The molecule has 3 rings (SSSR count). The maximum Gasteiger partial charge on any atom is 0.329 e. The second-order valence-electron chi connectivity index (χ2n) is 6.05. The molecule has 1 heterocycles. The normalized spacial score (nSPS) is 14.4. The highest BCUT2D eigenvalue weighted by atomic mass is 79.9. The number of fused-ring (bicyclic) bond motifs is 1. The van der Waals surface area contributed by atoms with Crippen molar-refractivity contribution in [1.29, 1.82) is 0 Å². The largest absolute Gasteiger partial charge is 0.459 e. The highest BCUT2D eigenvalue weighted by Crippen LogP contribution is 2.26. The Morgan fingerprint density at radius 2 is 1.85 bits per heavy atom. The Hall–Kier alpha value is -2.54. The second-order valence-corrected chi connectivity index (χ2v) is 6.96. The molecule has 0 radical (unpaired) electrons. The van der Waals surface area contributed by atoms with Gasteiger partial charge >= 0.3 is 5.97 Å². The third-order valence-corrected chi connectivity index (χ3v) is 4.68. The molecule has 26 heavy (non-hydrogen) atoms. The van der Waals surface area contributed by atoms with Crippen molar-refractivity contribution < 1.29 is 23.5 Å². The fourth-order valence-corrected chi connectivity index (χ4v) is 3.07. The number of aryl methyl sites for hydroxylation is 1. The number of imide groups is 1. The molecule has 2 aromatic carbocycles. The summed E-state index contributed by atoms with van der Waals surface area (Å²) >= 11 is 3.15. The number of esters is 1. The second kappa shape index (κ2) is 6.99. The first-order valence-corrected chi connectivity index (χ1v) is 8.68. The quantitative estimate of drug-likeness (QED) is 0.560. The fourth-order valence-electron chi connectivity index (χ4n) is 2.74. The Labute approximate surface area is 157 Å². The topological polar surface area (TPSA) is 63.7 Å². The van der Waals surface area contributed by atoms with Crippen LogP contribution in [0.25, 0.3) is 0 Å². The molecule has 1 atom stereocenters. The molecule has 134 valence electrons. The van der Waals surface area contributed by atoms with Crippen LogP contribution in [0.1, 0.15) is 38.8 Å². The van der Waals surface area contributed by atoms with Gasteiger partial charge in [-0.15, -0.1) is 0 Å². The summed E-state index contributed by atoms with van der Waals surface area (Å²) in [6, 6.07) is 8.18. The minimum atomic E-state index is -1.11. The summed E-state index contributed by atoms with van der Waals surface area (Å²) < 4.78 is 19.5. The molecule has 1 unspecified atom stereocenters. The van der Waals surface area contributed by atoms with E-state index in [1.165, 1.54) is 19.1 Å². The SMILES string of the molecule is Cc1ccc2c(c1)C(=O)N(C(C)C(=O)OCc1ccc(Br)cc1F)C2=O. The van der Waals surface area contributed by atoms with Gasteiger partial charge in [-0.25, -0.2) is 9.18 Å². The van der Waals surface area contributed by atoms with Gasteiger partial charge in [-0.2, -0.15) is 0 Å². The smallest absolute Gasteiger partial charge is 0.329 e. The molecule has 7 heteroatoms. The summed E-state index contributed by atoms with van der Waals surface area (Å²) in [5.41, 5.74) is 1.58. The Kier molecular flexibility index (Phi) is 4.91. The molecule has 0 N–H and O–H groups in total. The van der Waals surface area contributed by atoms with Crippen LogP contribution in [0.2, 0.25) is 0 Å². The number of hydrogen-bond donors (Lipinski definition) is 0. The van der Waals surface area contributed by atoms with Crippen molar-refractivity contribution in [2.24, 2.45) is 0 Å². The maximum absolute atomic E-state index is 13.8. The van der Waals surface area contributed by atoms with Crippen LogP contribution in [-0.2, 0) is 16.1 Å². The van der Waals surface area contributed by atoms with Gasteiger partial charge in [0.2, 0.25) is 0 Å². The molecule has 0 bridgehead atoms. The van der Waals surface area contributed by atoms with Crippen molar-refractivity contribution >= 4 is 33.7 Å². The first kappa shape index (κ1) is 18.3. The van der Waals surface area contributed by atoms with Crippen molar-refractivity contribution in [3.63, 3.8) is 0 Å². The van der Waals surface area contributed by atoms with E-state index in [1.807, 2.05) is 6.92 Å². The number of halogens is 2. The lowest BCUT2D eigenvalue weighted by molar-refractivity contribution is -0.149. The predicted octanol–water partition coefficient (Wildman–Crippen LogP) is 3.62. The lowest BCUT2D eigenvalue weighted by atomic mass is 10.1. The van der Waals surface area contributed by atoms with Gasteiger partial charge < -0.3 is 4.74 Å². The lowest BCUT2D eigenvalue weighted by Crippen LogP contribution is -2.43. The van der Waals surface area contributed by atoms with Gasteiger partial charge in [0.1, 0.15) is 18.5 Å².